The van der Waals surface area contributed by atoms with Crippen LogP contribution in [0.15, 0.2) is 10.7 Å². The van der Waals surface area contributed by atoms with Crippen molar-refractivity contribution >= 4 is 27.7 Å². The van der Waals surface area contributed by atoms with Crippen LogP contribution in [0, 0.1) is 0 Å². The van der Waals surface area contributed by atoms with E-state index in [4.69, 9.17) is 0 Å². The maximum Gasteiger partial charge on any atom is 0.0703 e. The van der Waals surface area contributed by atoms with Gasteiger partial charge in [0.05, 0.1) is 22.4 Å². The molecule has 0 saturated heterocycles. The summed E-state index contributed by atoms with van der Waals surface area (Å²) in [5.41, 5.74) is 1.26. The Morgan fingerprint density at radius 1 is 1.60 bits per heavy atom. The second kappa shape index (κ2) is 6.55. The Bertz CT molecular complexity index is 295. The molecule has 0 bridgehead atoms. The molecule has 1 rings (SSSR count). The van der Waals surface area contributed by atoms with Crippen LogP contribution in [0.4, 0.5) is 0 Å². The van der Waals surface area contributed by atoms with Crippen LogP contribution in [0.2, 0.25) is 0 Å². The summed E-state index contributed by atoms with van der Waals surface area (Å²) in [6.07, 6.45) is 4.01. The Morgan fingerprint density at radius 3 is 2.87 bits per heavy atom. The third kappa shape index (κ3) is 3.23. The van der Waals surface area contributed by atoms with Crippen LogP contribution < -0.4 is 5.32 Å². The average molecular weight is 292 g/mol. The average Bonchev–Trinajstić information content (AvgIpc) is 2.59. The molecule has 1 aromatic rings. The third-order valence-electron chi connectivity index (χ3n) is 2.25. The Balaban J connectivity index is 2.92. The third-order valence-corrected chi connectivity index (χ3v) is 3.52. The second-order valence-electron chi connectivity index (χ2n) is 3.26. The summed E-state index contributed by atoms with van der Waals surface area (Å²) in [6, 6.07) is 0.377. The molecule has 0 saturated carbocycles. The van der Waals surface area contributed by atoms with Crippen molar-refractivity contribution < 1.29 is 0 Å². The van der Waals surface area contributed by atoms with E-state index in [0.717, 1.165) is 23.3 Å². The van der Waals surface area contributed by atoms with Crippen LogP contribution >= 0.6 is 27.7 Å². The molecule has 1 N–H and O–H groups in total. The van der Waals surface area contributed by atoms with E-state index in [-0.39, 0.29) is 0 Å². The molecule has 15 heavy (non-hydrogen) atoms. The molecule has 0 spiro atoms. The summed E-state index contributed by atoms with van der Waals surface area (Å²) < 4.78 is 3.15. The minimum atomic E-state index is 0.377. The van der Waals surface area contributed by atoms with Gasteiger partial charge in [-0.25, -0.2) is 0 Å². The number of aromatic nitrogens is 2. The molecule has 86 valence electrons. The molecule has 1 heterocycles. The SMILES string of the molecule is CCNC(CSC)c1c(Br)cnn1CC. The summed E-state index contributed by atoms with van der Waals surface area (Å²) in [7, 11) is 0. The van der Waals surface area contributed by atoms with Crippen molar-refractivity contribution in [2.75, 3.05) is 18.6 Å². The standard InChI is InChI=1S/C10H18BrN3S/c1-4-12-9(7-15-3)10-8(11)6-13-14(10)5-2/h6,9,12H,4-5,7H2,1-3H3. The summed E-state index contributed by atoms with van der Waals surface area (Å²) >= 11 is 5.42. The molecule has 0 aromatic carbocycles. The van der Waals surface area contributed by atoms with Crippen molar-refractivity contribution in [2.45, 2.75) is 26.4 Å². The molecule has 1 aromatic heterocycles. The molecular weight excluding hydrogens is 274 g/mol. The van der Waals surface area contributed by atoms with Crippen LogP contribution in [-0.4, -0.2) is 28.3 Å². The number of rotatable bonds is 6. The van der Waals surface area contributed by atoms with Crippen LogP contribution in [0.25, 0.3) is 0 Å². The van der Waals surface area contributed by atoms with Crippen LogP contribution in [0.3, 0.4) is 0 Å². The monoisotopic (exact) mass is 291 g/mol. The molecule has 0 fully saturated rings. The Morgan fingerprint density at radius 2 is 2.33 bits per heavy atom. The maximum absolute atomic E-state index is 4.34. The van der Waals surface area contributed by atoms with E-state index in [1.165, 1.54) is 5.69 Å². The van der Waals surface area contributed by atoms with Gasteiger partial charge >= 0.3 is 0 Å². The first-order valence-corrected chi connectivity index (χ1v) is 7.36. The molecule has 0 radical (unpaired) electrons. The highest BCUT2D eigenvalue weighted by molar-refractivity contribution is 9.10. The fourth-order valence-corrected chi connectivity index (χ4v) is 2.80. The van der Waals surface area contributed by atoms with Gasteiger partial charge in [0.2, 0.25) is 0 Å². The largest absolute Gasteiger partial charge is 0.308 e. The zero-order valence-corrected chi connectivity index (χ0v) is 11.9. The van der Waals surface area contributed by atoms with Gasteiger partial charge in [0.15, 0.2) is 0 Å². The number of thioether (sulfide) groups is 1. The smallest absolute Gasteiger partial charge is 0.0703 e. The van der Waals surface area contributed by atoms with E-state index in [2.05, 4.69) is 46.4 Å². The summed E-state index contributed by atoms with van der Waals surface area (Å²) in [6.45, 7) is 6.14. The summed E-state index contributed by atoms with van der Waals surface area (Å²) in [4.78, 5) is 0. The first kappa shape index (κ1) is 13.1. The predicted octanol–water partition coefficient (Wildman–Crippen LogP) is 2.68. The molecule has 5 heteroatoms. The maximum atomic E-state index is 4.34. The van der Waals surface area contributed by atoms with Crippen LogP contribution in [-0.2, 0) is 6.54 Å². The van der Waals surface area contributed by atoms with Crippen molar-refractivity contribution in [3.63, 3.8) is 0 Å². The number of aryl methyl sites for hydroxylation is 1. The minimum absolute atomic E-state index is 0.377. The normalized spacial score (nSPS) is 13.1. The van der Waals surface area contributed by atoms with Gasteiger partial charge < -0.3 is 5.32 Å². The van der Waals surface area contributed by atoms with E-state index >= 15 is 0 Å². The number of hydrogen-bond acceptors (Lipinski definition) is 3. The molecule has 1 unspecified atom stereocenters. The minimum Gasteiger partial charge on any atom is -0.308 e. The lowest BCUT2D eigenvalue weighted by Crippen LogP contribution is -2.26. The highest BCUT2D eigenvalue weighted by atomic mass is 79.9. The van der Waals surface area contributed by atoms with Gasteiger partial charge in [-0.3, -0.25) is 4.68 Å². The zero-order chi connectivity index (χ0) is 11.3. The van der Waals surface area contributed by atoms with Crippen molar-refractivity contribution in [3.05, 3.63) is 16.4 Å². The van der Waals surface area contributed by atoms with E-state index in [9.17, 15) is 0 Å². The van der Waals surface area contributed by atoms with Crippen LogP contribution in [0.5, 0.6) is 0 Å². The van der Waals surface area contributed by atoms with Gasteiger partial charge in [-0.2, -0.15) is 16.9 Å². The molecule has 0 aliphatic heterocycles. The van der Waals surface area contributed by atoms with Crippen molar-refractivity contribution in [3.8, 4) is 0 Å². The number of nitrogens with one attached hydrogen (secondary N) is 1. The number of nitrogens with zero attached hydrogens (tertiary/aromatic N) is 2. The van der Waals surface area contributed by atoms with Gasteiger partial charge in [-0.15, -0.1) is 0 Å². The lowest BCUT2D eigenvalue weighted by Gasteiger charge is -2.18. The highest BCUT2D eigenvalue weighted by Gasteiger charge is 2.17. The van der Waals surface area contributed by atoms with Gasteiger partial charge in [-0.1, -0.05) is 6.92 Å². The van der Waals surface area contributed by atoms with Gasteiger partial charge in [0.1, 0.15) is 0 Å². The van der Waals surface area contributed by atoms with Crippen molar-refractivity contribution in [1.82, 2.24) is 15.1 Å². The summed E-state index contributed by atoms with van der Waals surface area (Å²) in [5.74, 6) is 1.07. The highest BCUT2D eigenvalue weighted by Crippen LogP contribution is 2.25. The van der Waals surface area contributed by atoms with E-state index in [1.54, 1.807) is 0 Å². The van der Waals surface area contributed by atoms with Gasteiger partial charge in [0.25, 0.3) is 0 Å². The van der Waals surface area contributed by atoms with E-state index in [0.29, 0.717) is 6.04 Å². The lowest BCUT2D eigenvalue weighted by molar-refractivity contribution is 0.525. The van der Waals surface area contributed by atoms with E-state index in [1.807, 2.05) is 22.6 Å². The topological polar surface area (TPSA) is 29.9 Å². The lowest BCUT2D eigenvalue weighted by atomic mass is 10.2. The van der Waals surface area contributed by atoms with Gasteiger partial charge in [-0.05, 0) is 35.7 Å². The van der Waals surface area contributed by atoms with Gasteiger partial charge in [0, 0.05) is 12.3 Å². The molecule has 0 aliphatic rings. The Kier molecular flexibility index (Phi) is 5.71. The molecule has 1 atom stereocenters. The first-order valence-electron chi connectivity index (χ1n) is 5.18. The molecule has 0 aliphatic carbocycles. The quantitative estimate of drug-likeness (QED) is 0.874. The van der Waals surface area contributed by atoms with Crippen molar-refractivity contribution in [1.29, 1.82) is 0 Å². The molecule has 0 amide bonds. The number of hydrogen-bond donors (Lipinski definition) is 1. The summed E-state index contributed by atoms with van der Waals surface area (Å²) in [5, 5.41) is 7.83. The van der Waals surface area contributed by atoms with Crippen LogP contribution in [0.1, 0.15) is 25.6 Å². The van der Waals surface area contributed by atoms with E-state index < -0.39 is 0 Å². The zero-order valence-electron chi connectivity index (χ0n) is 9.46. The Labute approximate surface area is 104 Å². The molecule has 3 nitrogen and oxygen atoms in total. The molecular formula is C10H18BrN3S. The fourth-order valence-electron chi connectivity index (χ4n) is 1.62. The predicted molar refractivity (Wildman–Crippen MR) is 70.4 cm³/mol. The first-order chi connectivity index (χ1) is 7.24. The number of halogens is 1. The second-order valence-corrected chi connectivity index (χ2v) is 5.02. The van der Waals surface area contributed by atoms with Crippen molar-refractivity contribution in [2.24, 2.45) is 0 Å². The Hall–Kier alpha value is 0. The fraction of sp³-hybridized carbons (Fsp3) is 0.700.